The molecule has 4 fully saturated rings. The molecule has 4 heterocycles. The van der Waals surface area contributed by atoms with Gasteiger partial charge in [-0.3, -0.25) is 19.8 Å². The van der Waals surface area contributed by atoms with Gasteiger partial charge in [0.2, 0.25) is 0 Å². The normalized spacial score (nSPS) is 39.8. The zero-order chi connectivity index (χ0) is 40.2. The molecule has 0 spiro atoms. The zero-order valence-electron chi connectivity index (χ0n) is 33.9. The predicted molar refractivity (Wildman–Crippen MR) is 202 cm³/mol. The molecule has 1 amide bonds. The number of anilines is 1. The van der Waals surface area contributed by atoms with E-state index in [0.717, 1.165) is 5.69 Å². The number of likely N-dealkylation sites (N-methyl/N-ethyl adjacent to an activating group) is 1. The van der Waals surface area contributed by atoms with E-state index in [1.54, 1.807) is 20.8 Å². The van der Waals surface area contributed by atoms with Crippen molar-refractivity contribution in [3.8, 4) is 0 Å². The number of carbonyl (C=O) groups is 4. The molecule has 15 heteroatoms. The van der Waals surface area contributed by atoms with Crippen LogP contribution in [0.25, 0.3) is 0 Å². The molecule has 15 nitrogen and oxygen atoms in total. The van der Waals surface area contributed by atoms with Crippen molar-refractivity contribution in [2.24, 2.45) is 22.9 Å². The molecule has 3 unspecified atom stereocenters. The predicted octanol–water partition coefficient (Wildman–Crippen LogP) is 4.47. The molecule has 1 aromatic carbocycles. The van der Waals surface area contributed by atoms with Crippen LogP contribution in [0.5, 0.6) is 0 Å². The summed E-state index contributed by atoms with van der Waals surface area (Å²) in [6.45, 7) is 14.0. The number of hydrogen-bond acceptors (Lipinski definition) is 14. The van der Waals surface area contributed by atoms with E-state index >= 15 is 0 Å². The number of rotatable bonds is 7. The fourth-order valence-electron chi connectivity index (χ4n) is 8.47. The van der Waals surface area contributed by atoms with Gasteiger partial charge in [0.05, 0.1) is 66.5 Å². The molecule has 0 saturated carbocycles. The van der Waals surface area contributed by atoms with Crippen LogP contribution in [0.2, 0.25) is 0 Å². The number of nitrogens with zero attached hydrogens (tertiary/aromatic N) is 2. The van der Waals surface area contributed by atoms with Crippen LogP contribution in [0.4, 0.5) is 10.5 Å². The Bertz CT molecular complexity index is 1560. The van der Waals surface area contributed by atoms with Gasteiger partial charge in [0.15, 0.2) is 18.0 Å². The molecule has 4 saturated heterocycles. The Labute approximate surface area is 324 Å². The van der Waals surface area contributed by atoms with Gasteiger partial charge in [0.1, 0.15) is 11.9 Å². The van der Waals surface area contributed by atoms with E-state index in [1.807, 2.05) is 77.0 Å². The van der Waals surface area contributed by atoms with Crippen LogP contribution in [-0.4, -0.2) is 122 Å². The average Bonchev–Trinajstić information content (AvgIpc) is 3.47. The highest BCUT2D eigenvalue weighted by Crippen LogP contribution is 2.40. The van der Waals surface area contributed by atoms with Crippen LogP contribution < -0.4 is 10.7 Å². The number of cyclic esters (lactones) is 1. The number of hydrogen-bond donors (Lipinski definition) is 2. The Hall–Kier alpha value is -3.63. The summed E-state index contributed by atoms with van der Waals surface area (Å²) in [6, 6.07) is 8.43. The van der Waals surface area contributed by atoms with E-state index in [0.29, 0.717) is 18.6 Å². The van der Waals surface area contributed by atoms with Gasteiger partial charge in [-0.2, -0.15) is 5.10 Å². The van der Waals surface area contributed by atoms with Gasteiger partial charge < -0.3 is 43.4 Å². The molecule has 2 N–H and O–H groups in total. The highest BCUT2D eigenvalue weighted by molar-refractivity contribution is 5.88. The van der Waals surface area contributed by atoms with Crippen LogP contribution in [0.15, 0.2) is 35.4 Å². The molecule has 306 valence electrons. The first-order valence-electron chi connectivity index (χ1n) is 19.5. The number of esters is 2. The molecule has 2 bridgehead atoms. The number of alkyl carbamates (subject to hydrolysis) is 1. The van der Waals surface area contributed by atoms with Gasteiger partial charge in [-0.15, -0.1) is 0 Å². The third-order valence-electron chi connectivity index (χ3n) is 11.7. The zero-order valence-corrected chi connectivity index (χ0v) is 33.9. The molecular weight excluding hydrogens is 712 g/mol. The van der Waals surface area contributed by atoms with E-state index in [1.165, 1.54) is 6.92 Å². The van der Waals surface area contributed by atoms with E-state index < -0.39 is 83.7 Å². The Kier molecular flexibility index (Phi) is 13.7. The van der Waals surface area contributed by atoms with Crippen molar-refractivity contribution in [2.75, 3.05) is 32.7 Å². The van der Waals surface area contributed by atoms with Crippen LogP contribution in [0.1, 0.15) is 81.1 Å². The number of carbonyl (C=O) groups excluding carboxylic acids is 4. The van der Waals surface area contributed by atoms with Crippen molar-refractivity contribution >= 4 is 35.2 Å². The first-order valence-corrected chi connectivity index (χ1v) is 19.5. The van der Waals surface area contributed by atoms with Gasteiger partial charge in [-0.25, -0.2) is 4.79 Å². The van der Waals surface area contributed by atoms with Crippen molar-refractivity contribution in [3.63, 3.8) is 0 Å². The van der Waals surface area contributed by atoms with Crippen LogP contribution in [-0.2, 0) is 47.5 Å². The second kappa shape index (κ2) is 17.7. The van der Waals surface area contributed by atoms with Crippen molar-refractivity contribution in [3.05, 3.63) is 30.3 Å². The third kappa shape index (κ3) is 9.67. The molecule has 55 heavy (non-hydrogen) atoms. The summed E-state index contributed by atoms with van der Waals surface area (Å²) in [6.07, 6.45) is -4.08. The number of para-hydroxylation sites is 1. The van der Waals surface area contributed by atoms with E-state index in [2.05, 4.69) is 15.8 Å². The summed E-state index contributed by atoms with van der Waals surface area (Å²) in [4.78, 5) is 55.9. The second-order valence-electron chi connectivity index (χ2n) is 16.2. The summed E-state index contributed by atoms with van der Waals surface area (Å²) in [7, 11) is 3.83. The van der Waals surface area contributed by atoms with Gasteiger partial charge in [0, 0.05) is 25.2 Å². The quantitative estimate of drug-likeness (QED) is 0.226. The number of amides is 1. The first-order chi connectivity index (χ1) is 25.9. The van der Waals surface area contributed by atoms with Gasteiger partial charge in [-0.1, -0.05) is 39.0 Å². The van der Waals surface area contributed by atoms with Crippen molar-refractivity contribution < 1.29 is 52.3 Å². The van der Waals surface area contributed by atoms with E-state index in [9.17, 15) is 19.2 Å². The van der Waals surface area contributed by atoms with Crippen LogP contribution >= 0.6 is 0 Å². The fraction of sp³-hybridized carbons (Fsp3) is 0.725. The van der Waals surface area contributed by atoms with Crippen LogP contribution in [0.3, 0.4) is 0 Å². The summed E-state index contributed by atoms with van der Waals surface area (Å²) >= 11 is 0. The number of fused-ring (bicyclic) bond motifs is 4. The van der Waals surface area contributed by atoms with Crippen molar-refractivity contribution in [1.29, 1.82) is 0 Å². The highest BCUT2D eigenvalue weighted by Gasteiger charge is 2.57. The lowest BCUT2D eigenvalue weighted by atomic mass is 9.75. The monoisotopic (exact) mass is 772 g/mol. The summed E-state index contributed by atoms with van der Waals surface area (Å²) < 4.78 is 44.7. The molecule has 13 atom stereocenters. The van der Waals surface area contributed by atoms with E-state index in [-0.39, 0.29) is 44.0 Å². The molecule has 4 aliphatic heterocycles. The van der Waals surface area contributed by atoms with Crippen molar-refractivity contribution in [1.82, 2.24) is 10.2 Å². The lowest BCUT2D eigenvalue weighted by molar-refractivity contribution is -0.296. The maximum atomic E-state index is 14.5. The average molecular weight is 773 g/mol. The molecule has 0 aromatic heterocycles. The Morgan fingerprint density at radius 2 is 1.75 bits per heavy atom. The lowest BCUT2D eigenvalue weighted by Crippen LogP contribution is -2.59. The molecule has 0 radical (unpaired) electrons. The third-order valence-corrected chi connectivity index (χ3v) is 11.7. The first kappa shape index (κ1) is 42.5. The fourth-order valence-corrected chi connectivity index (χ4v) is 8.47. The van der Waals surface area contributed by atoms with Crippen molar-refractivity contribution in [2.45, 2.75) is 141 Å². The maximum absolute atomic E-state index is 14.5. The summed E-state index contributed by atoms with van der Waals surface area (Å²) in [5.74, 6) is -3.37. The van der Waals surface area contributed by atoms with E-state index in [4.69, 9.17) is 33.2 Å². The SMILES string of the molecule is CC[C@H]1OC(=O)[C@H](C)[C@H]2C[C@@H](OC3O[C@H](C)C[C@H](N(C)C)[C@H]3OC(C)=O)[C@](C)(C[C@@H](C)C(=O)[C@H](C)C3NC(=O)OC31C)OC/C(=N/Nc1ccccc1)CO2. The Balaban J connectivity index is 1.61. The number of benzene rings is 1. The lowest BCUT2D eigenvalue weighted by Gasteiger charge is -2.47. The smallest absolute Gasteiger partial charge is 0.408 e. The van der Waals surface area contributed by atoms with Crippen LogP contribution in [0, 0.1) is 17.8 Å². The molecule has 5 rings (SSSR count). The number of hydrazone groups is 1. The molecule has 0 aliphatic carbocycles. The number of ether oxygens (including phenoxy) is 7. The largest absolute Gasteiger partial charge is 0.458 e. The van der Waals surface area contributed by atoms with Gasteiger partial charge in [0.25, 0.3) is 0 Å². The molecular formula is C40H60N4O11. The maximum Gasteiger partial charge on any atom is 0.408 e. The number of nitrogens with one attached hydrogen (secondary N) is 2. The molecule has 1 aromatic rings. The topological polar surface area (TPSA) is 173 Å². The van der Waals surface area contributed by atoms with Gasteiger partial charge in [-0.05, 0) is 73.2 Å². The highest BCUT2D eigenvalue weighted by atomic mass is 16.7. The minimum Gasteiger partial charge on any atom is -0.458 e. The number of ketones is 1. The minimum atomic E-state index is -1.32. The Morgan fingerprint density at radius 3 is 2.40 bits per heavy atom. The summed E-state index contributed by atoms with van der Waals surface area (Å²) in [5.41, 5.74) is 1.81. The summed E-state index contributed by atoms with van der Waals surface area (Å²) in [5, 5.41) is 7.48. The second-order valence-corrected chi connectivity index (χ2v) is 16.2. The number of Topliss-reactive ketones (excluding diaryl/α,β-unsaturated/α-hetero) is 1. The standard InChI is InChI=1S/C40H60N4O11/c1-11-31-40(8)35(41-38(48)55-40)25(5)33(46)22(2)19-39(7)32(54-37-34(52-26(6)45)29(44(9)10)17-23(3)51-37)18-30(24(4)36(47)53-31)49-20-28(21-50-39)43-42-27-15-13-12-14-16-27/h12-16,22-25,29-32,34-35,37,42H,11,17-21H2,1-10H3,(H,41,48)/b43-28+/t22-,23-,24-,25+,29+,30-,31-,32-,34-,35?,37?,39+,40?/m1/s1. The minimum absolute atomic E-state index is 0.00364. The Morgan fingerprint density at radius 1 is 1.04 bits per heavy atom. The van der Waals surface area contributed by atoms with Gasteiger partial charge >= 0.3 is 18.0 Å². The molecule has 4 aliphatic rings.